The molecule has 3 unspecified atom stereocenters. The van der Waals surface area contributed by atoms with Gasteiger partial charge < -0.3 is 21.5 Å². The maximum absolute atomic E-state index is 11.3. The third-order valence-corrected chi connectivity index (χ3v) is 5.81. The van der Waals surface area contributed by atoms with Crippen molar-refractivity contribution in [3.05, 3.63) is 34.5 Å². The second-order valence-corrected chi connectivity index (χ2v) is 7.53. The number of rotatable bonds is 7. The predicted octanol–water partition coefficient (Wildman–Crippen LogP) is 1.82. The molecule has 1 aliphatic carbocycles. The fourth-order valence-corrected chi connectivity index (χ4v) is 4.40. The largest absolute Gasteiger partial charge is 0.480 e. The van der Waals surface area contributed by atoms with E-state index < -0.39 is 12.0 Å². The second-order valence-electron chi connectivity index (χ2n) is 7.12. The first kappa shape index (κ1) is 24.7. The van der Waals surface area contributed by atoms with Crippen molar-refractivity contribution in [1.82, 2.24) is 16.1 Å². The van der Waals surface area contributed by atoms with Crippen LogP contribution in [0.3, 0.4) is 0 Å². The van der Waals surface area contributed by atoms with E-state index in [0.717, 1.165) is 37.1 Å². The maximum atomic E-state index is 11.3. The summed E-state index contributed by atoms with van der Waals surface area (Å²) >= 11 is 6.42. The molecule has 0 radical (unpaired) electrons. The van der Waals surface area contributed by atoms with Crippen LogP contribution in [0.5, 0.6) is 0 Å². The average molecular weight is 414 g/mol. The quantitative estimate of drug-likeness (QED) is 0.213. The van der Waals surface area contributed by atoms with Gasteiger partial charge in [0.2, 0.25) is 0 Å². The topological polar surface area (TPSA) is 125 Å². The lowest BCUT2D eigenvalue weighted by atomic mass is 9.72. The Morgan fingerprint density at radius 3 is 2.54 bits per heavy atom. The summed E-state index contributed by atoms with van der Waals surface area (Å²) < 4.78 is 0. The van der Waals surface area contributed by atoms with Crippen LogP contribution in [-0.2, 0) is 4.79 Å². The van der Waals surface area contributed by atoms with E-state index in [-0.39, 0.29) is 0 Å². The Hall–Kier alpha value is -1.38. The summed E-state index contributed by atoms with van der Waals surface area (Å²) in [7, 11) is 1.50. The Labute approximate surface area is 173 Å². The number of nitrogens with two attached hydrogens (primary N) is 2. The Morgan fingerprint density at radius 1 is 1.25 bits per heavy atom. The Bertz CT molecular complexity index is 591. The molecule has 8 heteroatoms. The van der Waals surface area contributed by atoms with Gasteiger partial charge in [-0.3, -0.25) is 16.1 Å². The number of fused-ring (bicyclic) bond motifs is 1. The van der Waals surface area contributed by atoms with Gasteiger partial charge in [0.25, 0.3) is 0 Å². The van der Waals surface area contributed by atoms with E-state index in [0.29, 0.717) is 35.9 Å². The number of aliphatic carboxylic acids is 1. The highest BCUT2D eigenvalue weighted by molar-refractivity contribution is 6.31. The van der Waals surface area contributed by atoms with E-state index in [1.54, 1.807) is 0 Å². The molecule has 1 saturated carbocycles. The van der Waals surface area contributed by atoms with Crippen molar-refractivity contribution in [2.75, 3.05) is 20.1 Å². The fourth-order valence-electron chi connectivity index (χ4n) is 4.10. The van der Waals surface area contributed by atoms with E-state index >= 15 is 0 Å². The van der Waals surface area contributed by atoms with Crippen molar-refractivity contribution >= 4 is 17.6 Å². The lowest BCUT2D eigenvalue weighted by Gasteiger charge is -2.42. The van der Waals surface area contributed by atoms with Crippen LogP contribution in [0.1, 0.15) is 39.5 Å². The second kappa shape index (κ2) is 13.0. The van der Waals surface area contributed by atoms with Gasteiger partial charge in [0.1, 0.15) is 6.04 Å². The van der Waals surface area contributed by atoms with Crippen LogP contribution in [0.15, 0.2) is 34.5 Å². The van der Waals surface area contributed by atoms with E-state index in [4.69, 9.17) is 17.4 Å². The van der Waals surface area contributed by atoms with E-state index in [1.165, 1.54) is 7.05 Å². The van der Waals surface area contributed by atoms with Gasteiger partial charge in [0, 0.05) is 28.9 Å². The number of nitrogens with one attached hydrogen (secondary N) is 3. The summed E-state index contributed by atoms with van der Waals surface area (Å²) in [6, 6.07) is -0.102. The summed E-state index contributed by atoms with van der Waals surface area (Å²) in [5.41, 5.74) is 9.11. The third-order valence-electron chi connectivity index (χ3n) is 5.46. The summed E-state index contributed by atoms with van der Waals surface area (Å²) in [5.74, 6) is 5.80. The SMILES string of the molecule is CN.C\C=C/C(Cl)=C(CNN)\C(=C/C)N[C@H]1CCC2CNC(C(=O)O)CC2C1. The molecule has 1 aliphatic heterocycles. The average Bonchev–Trinajstić information content (AvgIpc) is 2.71. The number of piperidine rings is 1. The van der Waals surface area contributed by atoms with Crippen molar-refractivity contribution in [3.63, 3.8) is 0 Å². The van der Waals surface area contributed by atoms with Gasteiger partial charge in [-0.15, -0.1) is 0 Å². The predicted molar refractivity (Wildman–Crippen MR) is 116 cm³/mol. The molecule has 2 fully saturated rings. The van der Waals surface area contributed by atoms with Gasteiger partial charge in [-0.05, 0) is 71.0 Å². The molecule has 0 bridgehead atoms. The molecule has 8 N–H and O–H groups in total. The number of allylic oxidation sites excluding steroid dienone is 4. The normalized spacial score (nSPS) is 28.7. The highest BCUT2D eigenvalue weighted by atomic mass is 35.5. The van der Waals surface area contributed by atoms with E-state index in [9.17, 15) is 9.90 Å². The number of carbonyl (C=O) groups is 1. The number of carboxylic acid groups (broad SMARTS) is 1. The molecule has 0 amide bonds. The van der Waals surface area contributed by atoms with E-state index in [1.807, 2.05) is 32.1 Å². The van der Waals surface area contributed by atoms with Crippen LogP contribution >= 0.6 is 11.6 Å². The molecule has 1 saturated heterocycles. The van der Waals surface area contributed by atoms with Crippen molar-refractivity contribution in [2.45, 2.75) is 51.6 Å². The smallest absolute Gasteiger partial charge is 0.320 e. The summed E-state index contributed by atoms with van der Waals surface area (Å²) in [5, 5.41) is 16.7. The standard InChI is InChI=1S/C19H31ClN4O2.CH5N/c1-3-5-16(20)15(11-23-21)17(4-2)24-14-7-6-12-10-22-18(19(25)26)9-13(12)8-14;1-2/h3-5,12-14,18,22-24H,6-11,21H2,1-2H3,(H,25,26);2H2,1H3/b5-3-,16-15+,17-4+;/t12?,13?,14-,18?;/m0./s1. The molecule has 7 nitrogen and oxygen atoms in total. The lowest BCUT2D eigenvalue weighted by Crippen LogP contribution is -2.51. The highest BCUT2D eigenvalue weighted by Gasteiger charge is 2.37. The Balaban J connectivity index is 0.00000190. The Kier molecular flexibility index (Phi) is 11.4. The zero-order chi connectivity index (χ0) is 21.1. The van der Waals surface area contributed by atoms with Crippen LogP contribution in [0.2, 0.25) is 0 Å². The molecular formula is C20H36ClN5O2. The summed E-state index contributed by atoms with van der Waals surface area (Å²) in [4.78, 5) is 11.3. The van der Waals surface area contributed by atoms with Gasteiger partial charge in [0.15, 0.2) is 0 Å². The number of hydrogen-bond acceptors (Lipinski definition) is 6. The third kappa shape index (κ3) is 6.90. The van der Waals surface area contributed by atoms with Gasteiger partial charge in [-0.25, -0.2) is 0 Å². The number of hydrogen-bond donors (Lipinski definition) is 6. The Morgan fingerprint density at radius 2 is 1.96 bits per heavy atom. The van der Waals surface area contributed by atoms with Crippen LogP contribution in [0, 0.1) is 11.8 Å². The minimum atomic E-state index is -0.745. The zero-order valence-corrected chi connectivity index (χ0v) is 17.9. The van der Waals surface area contributed by atoms with Crippen molar-refractivity contribution in [3.8, 4) is 0 Å². The first-order valence-electron chi connectivity index (χ1n) is 9.92. The molecule has 0 spiro atoms. The first-order chi connectivity index (χ1) is 13.5. The van der Waals surface area contributed by atoms with Gasteiger partial charge in [-0.2, -0.15) is 0 Å². The minimum absolute atomic E-state index is 0.317. The van der Waals surface area contributed by atoms with Gasteiger partial charge >= 0.3 is 5.97 Å². The van der Waals surface area contributed by atoms with Crippen LogP contribution in [-0.4, -0.2) is 43.3 Å². The van der Waals surface area contributed by atoms with Crippen molar-refractivity contribution < 1.29 is 9.90 Å². The number of hydrazine groups is 1. The highest BCUT2D eigenvalue weighted by Crippen LogP contribution is 2.36. The number of halogens is 1. The molecular weight excluding hydrogens is 378 g/mol. The molecule has 160 valence electrons. The summed E-state index contributed by atoms with van der Waals surface area (Å²) in [6.45, 7) is 5.19. The van der Waals surface area contributed by atoms with Crippen LogP contribution in [0.4, 0.5) is 0 Å². The first-order valence-corrected chi connectivity index (χ1v) is 10.3. The zero-order valence-electron chi connectivity index (χ0n) is 17.2. The lowest BCUT2D eigenvalue weighted by molar-refractivity contribution is -0.141. The monoisotopic (exact) mass is 413 g/mol. The van der Waals surface area contributed by atoms with Crippen molar-refractivity contribution in [1.29, 1.82) is 0 Å². The van der Waals surface area contributed by atoms with Crippen LogP contribution < -0.4 is 27.6 Å². The molecule has 0 aromatic heterocycles. The summed E-state index contributed by atoms with van der Waals surface area (Å²) in [6.07, 6.45) is 9.65. The van der Waals surface area contributed by atoms with Crippen molar-refractivity contribution in [2.24, 2.45) is 23.4 Å². The van der Waals surface area contributed by atoms with E-state index in [2.05, 4.69) is 21.8 Å². The molecule has 2 rings (SSSR count). The molecule has 1 heterocycles. The minimum Gasteiger partial charge on any atom is -0.480 e. The fraction of sp³-hybridized carbons (Fsp3) is 0.650. The molecule has 2 aliphatic rings. The van der Waals surface area contributed by atoms with Gasteiger partial charge in [-0.1, -0.05) is 23.8 Å². The molecule has 0 aromatic carbocycles. The molecule has 28 heavy (non-hydrogen) atoms. The number of carboxylic acids is 1. The molecule has 4 atom stereocenters. The maximum Gasteiger partial charge on any atom is 0.320 e. The van der Waals surface area contributed by atoms with Crippen LogP contribution in [0.25, 0.3) is 0 Å². The molecule has 0 aromatic rings. The van der Waals surface area contributed by atoms with Gasteiger partial charge in [0.05, 0.1) is 0 Å².